The lowest BCUT2D eigenvalue weighted by molar-refractivity contribution is 0.632. The van der Waals surface area contributed by atoms with E-state index in [4.69, 9.17) is 4.98 Å². The minimum atomic E-state index is -0.221. The molecule has 11 rings (SSSR count). The molecule has 0 amide bonds. The van der Waals surface area contributed by atoms with E-state index in [0.717, 1.165) is 35.5 Å². The molecule has 1 aliphatic heterocycles. The summed E-state index contributed by atoms with van der Waals surface area (Å²) in [5.41, 5.74) is 19.1. The summed E-state index contributed by atoms with van der Waals surface area (Å²) in [6.07, 6.45) is 6.51. The maximum absolute atomic E-state index is 5.15. The smallest absolute Gasteiger partial charge is 0.220 e. The van der Waals surface area contributed by atoms with E-state index in [1.165, 1.54) is 72.8 Å². The maximum atomic E-state index is 5.15. The van der Waals surface area contributed by atoms with Crippen LogP contribution < -0.4 is 4.90 Å². The molecule has 0 N–H and O–H groups in total. The topological polar surface area (TPSA) is 25.5 Å². The average Bonchev–Trinajstić information content (AvgIpc) is 3.79. The molecular weight excluding hydrogens is 681 g/mol. The third-order valence-corrected chi connectivity index (χ3v) is 12.0. The van der Waals surface area contributed by atoms with Crippen molar-refractivity contribution in [1.29, 1.82) is 0 Å². The number of aryl methyl sites for hydroxylation is 1. The van der Waals surface area contributed by atoms with Gasteiger partial charge in [-0.05, 0) is 124 Å². The minimum absolute atomic E-state index is 0.221. The first kappa shape index (κ1) is 32.5. The summed E-state index contributed by atoms with van der Waals surface area (Å²) in [5.74, 6) is 0.969. The van der Waals surface area contributed by atoms with Gasteiger partial charge in [0.05, 0.1) is 33.8 Å². The van der Waals surface area contributed by atoms with Crippen LogP contribution in [0.1, 0.15) is 42.8 Å². The van der Waals surface area contributed by atoms with Gasteiger partial charge in [-0.3, -0.25) is 8.97 Å². The molecular formula is C52H40N4. The van der Waals surface area contributed by atoms with E-state index in [1.807, 2.05) is 0 Å². The number of para-hydroxylation sites is 2. The van der Waals surface area contributed by atoms with Crippen LogP contribution in [-0.4, -0.2) is 14.0 Å². The highest BCUT2D eigenvalue weighted by molar-refractivity contribution is 5.90. The van der Waals surface area contributed by atoms with Gasteiger partial charge in [-0.1, -0.05) is 129 Å². The molecule has 0 saturated carbocycles. The second-order valence-electron chi connectivity index (χ2n) is 15.6. The van der Waals surface area contributed by atoms with Gasteiger partial charge in [-0.15, -0.1) is 0 Å². The van der Waals surface area contributed by atoms with Crippen molar-refractivity contribution in [3.63, 3.8) is 0 Å². The Hall–Kier alpha value is -6.91. The molecule has 4 heteroatoms. The van der Waals surface area contributed by atoms with Crippen molar-refractivity contribution in [2.75, 3.05) is 4.90 Å². The van der Waals surface area contributed by atoms with E-state index in [2.05, 4.69) is 210 Å². The summed E-state index contributed by atoms with van der Waals surface area (Å²) in [6.45, 7) is 4.75. The molecule has 0 fully saturated rings. The maximum Gasteiger partial charge on any atom is 0.220 e. The summed E-state index contributed by atoms with van der Waals surface area (Å²) in [5, 5.41) is 0. The quantitative estimate of drug-likeness (QED) is 0.177. The Balaban J connectivity index is 0.985. The number of anilines is 3. The number of allylic oxidation sites excluding steroid dienone is 1. The van der Waals surface area contributed by atoms with Crippen LogP contribution in [0.15, 0.2) is 176 Å². The lowest BCUT2D eigenvalue weighted by Gasteiger charge is -2.42. The van der Waals surface area contributed by atoms with Gasteiger partial charge in [0.1, 0.15) is 0 Å². The molecule has 4 nitrogen and oxygen atoms in total. The summed E-state index contributed by atoms with van der Waals surface area (Å²) in [6, 6.07) is 62.0. The first-order chi connectivity index (χ1) is 27.5. The first-order valence-corrected chi connectivity index (χ1v) is 19.6. The number of imidazole rings is 2. The minimum Gasteiger partial charge on any atom is -0.310 e. The lowest BCUT2D eigenvalue weighted by atomic mass is 9.72. The predicted octanol–water partition coefficient (Wildman–Crippen LogP) is 13.3. The number of benzene rings is 7. The summed E-state index contributed by atoms with van der Waals surface area (Å²) in [7, 11) is 0. The Bertz CT molecular complexity index is 2870. The molecule has 3 heterocycles. The SMILES string of the molecule is CC1(C)c2cc(-c3ccccc3)ccc2N(c2ccc(-c3ccc(-n4c5ccccc5n5c6c(nc45)CCC=C6)cc3)cc2)c2ccc(-c3ccccc3)cc21. The van der Waals surface area contributed by atoms with Crippen LogP contribution in [0.2, 0.25) is 0 Å². The fourth-order valence-electron chi connectivity index (χ4n) is 9.07. The number of rotatable bonds is 5. The number of fused-ring (bicyclic) bond motifs is 7. The van der Waals surface area contributed by atoms with Gasteiger partial charge < -0.3 is 4.90 Å². The van der Waals surface area contributed by atoms with Gasteiger partial charge in [-0.2, -0.15) is 0 Å². The van der Waals surface area contributed by atoms with E-state index < -0.39 is 0 Å². The van der Waals surface area contributed by atoms with E-state index in [9.17, 15) is 0 Å². The number of nitrogens with zero attached hydrogens (tertiary/aromatic N) is 4. The number of hydrogen-bond donors (Lipinski definition) is 0. The largest absolute Gasteiger partial charge is 0.310 e. The van der Waals surface area contributed by atoms with Crippen molar-refractivity contribution in [1.82, 2.24) is 14.0 Å². The van der Waals surface area contributed by atoms with Crippen LogP contribution in [-0.2, 0) is 11.8 Å². The Morgan fingerprint density at radius 3 is 1.59 bits per heavy atom. The third kappa shape index (κ3) is 5.03. The highest BCUT2D eigenvalue weighted by Crippen LogP contribution is 2.53. The highest BCUT2D eigenvalue weighted by Gasteiger charge is 2.37. The summed E-state index contributed by atoms with van der Waals surface area (Å²) in [4.78, 5) is 7.61. The van der Waals surface area contributed by atoms with E-state index in [0.29, 0.717) is 0 Å². The Morgan fingerprint density at radius 1 is 0.500 bits per heavy atom. The number of hydrogen-bond acceptors (Lipinski definition) is 2. The molecule has 56 heavy (non-hydrogen) atoms. The Labute approximate surface area is 327 Å². The molecule has 268 valence electrons. The van der Waals surface area contributed by atoms with Gasteiger partial charge in [-0.25, -0.2) is 4.98 Å². The summed E-state index contributed by atoms with van der Waals surface area (Å²) >= 11 is 0. The molecule has 0 unspecified atom stereocenters. The molecule has 0 atom stereocenters. The monoisotopic (exact) mass is 720 g/mol. The Morgan fingerprint density at radius 2 is 1.00 bits per heavy atom. The predicted molar refractivity (Wildman–Crippen MR) is 232 cm³/mol. The normalized spacial score (nSPS) is 14.1. The van der Waals surface area contributed by atoms with Crippen molar-refractivity contribution in [3.05, 3.63) is 198 Å². The molecule has 0 radical (unpaired) electrons. The Kier molecular flexibility index (Phi) is 7.30. The van der Waals surface area contributed by atoms with Crippen molar-refractivity contribution in [3.8, 4) is 39.1 Å². The zero-order valence-corrected chi connectivity index (χ0v) is 31.5. The van der Waals surface area contributed by atoms with Crippen molar-refractivity contribution >= 4 is 39.9 Å². The van der Waals surface area contributed by atoms with Gasteiger partial charge in [0.15, 0.2) is 0 Å². The van der Waals surface area contributed by atoms with Crippen LogP contribution in [0.25, 0.3) is 62.0 Å². The molecule has 1 aliphatic carbocycles. The summed E-state index contributed by atoms with van der Waals surface area (Å²) < 4.78 is 4.61. The standard InChI is InChI=1S/C52H40N4/c1-52(2)43-33-39(35-13-5-3-6-14-35)25-31-46(43)54(47-32-26-40(34-44(47)52)36-15-7-4-8-16-36)41-27-21-37(22-28-41)38-23-29-42(30-24-38)55-49-19-11-12-20-50(49)56-48-18-10-9-17-45(48)53-51(55)56/h3-8,10-16,18-34H,9,17H2,1-2H3. The van der Waals surface area contributed by atoms with Gasteiger partial charge in [0, 0.05) is 16.8 Å². The second kappa shape index (κ2) is 12.6. The van der Waals surface area contributed by atoms with Crippen molar-refractivity contribution < 1.29 is 0 Å². The van der Waals surface area contributed by atoms with Crippen molar-refractivity contribution in [2.45, 2.75) is 32.1 Å². The molecule has 0 saturated heterocycles. The van der Waals surface area contributed by atoms with Crippen LogP contribution >= 0.6 is 0 Å². The fraction of sp³-hybridized carbons (Fsp3) is 0.0962. The van der Waals surface area contributed by atoms with Crippen LogP contribution in [0.3, 0.4) is 0 Å². The zero-order chi connectivity index (χ0) is 37.4. The first-order valence-electron chi connectivity index (χ1n) is 19.6. The van der Waals surface area contributed by atoms with Gasteiger partial charge in [0.25, 0.3) is 0 Å². The van der Waals surface area contributed by atoms with Crippen LogP contribution in [0.5, 0.6) is 0 Å². The second-order valence-corrected chi connectivity index (χ2v) is 15.6. The third-order valence-electron chi connectivity index (χ3n) is 12.0. The highest BCUT2D eigenvalue weighted by atomic mass is 15.2. The van der Waals surface area contributed by atoms with Gasteiger partial charge in [0.2, 0.25) is 5.78 Å². The molecule has 0 spiro atoms. The van der Waals surface area contributed by atoms with E-state index >= 15 is 0 Å². The molecule has 7 aromatic carbocycles. The average molecular weight is 721 g/mol. The molecule has 2 aromatic heterocycles. The van der Waals surface area contributed by atoms with Crippen molar-refractivity contribution in [2.24, 2.45) is 0 Å². The van der Waals surface area contributed by atoms with E-state index in [1.54, 1.807) is 0 Å². The zero-order valence-electron chi connectivity index (χ0n) is 31.5. The molecule has 2 aliphatic rings. The fourth-order valence-corrected chi connectivity index (χ4v) is 9.07. The van der Waals surface area contributed by atoms with E-state index in [-0.39, 0.29) is 5.41 Å². The molecule has 9 aromatic rings. The van der Waals surface area contributed by atoms with Crippen LogP contribution in [0, 0.1) is 0 Å². The number of aromatic nitrogens is 3. The van der Waals surface area contributed by atoms with Gasteiger partial charge >= 0.3 is 0 Å². The van der Waals surface area contributed by atoms with Crippen LogP contribution in [0.4, 0.5) is 17.1 Å². The lowest BCUT2D eigenvalue weighted by Crippen LogP contribution is -2.30. The molecule has 0 bridgehead atoms.